The van der Waals surface area contributed by atoms with E-state index in [-0.39, 0.29) is 17.1 Å². The van der Waals surface area contributed by atoms with Gasteiger partial charge >= 0.3 is 5.97 Å². The molecular formula is C16H12BrCl2N5O3. The fourth-order valence-corrected chi connectivity index (χ4v) is 3.26. The minimum Gasteiger partial charge on any atom is -0.476 e. The van der Waals surface area contributed by atoms with Crippen molar-refractivity contribution in [3.8, 4) is 0 Å². The molecule has 0 aliphatic carbocycles. The normalized spacial score (nSPS) is 10.8. The summed E-state index contributed by atoms with van der Waals surface area (Å²) in [5.74, 6) is -1.68. The molecule has 0 aliphatic rings. The van der Waals surface area contributed by atoms with E-state index in [9.17, 15) is 9.59 Å². The van der Waals surface area contributed by atoms with Gasteiger partial charge in [-0.1, -0.05) is 29.3 Å². The predicted molar refractivity (Wildman–Crippen MR) is 104 cm³/mol. The molecule has 1 aromatic carbocycles. The molecule has 3 aromatic rings. The average molecular weight is 473 g/mol. The molecule has 0 aliphatic heterocycles. The lowest BCUT2D eigenvalue weighted by Gasteiger charge is -2.05. The smallest absolute Gasteiger partial charge is 0.357 e. The van der Waals surface area contributed by atoms with E-state index in [0.717, 1.165) is 5.56 Å². The van der Waals surface area contributed by atoms with Gasteiger partial charge in [-0.15, -0.1) is 0 Å². The Balaban J connectivity index is 1.81. The van der Waals surface area contributed by atoms with Crippen LogP contribution >= 0.6 is 39.1 Å². The predicted octanol–water partition coefficient (Wildman–Crippen LogP) is 3.68. The highest BCUT2D eigenvalue weighted by Crippen LogP contribution is 2.25. The first kappa shape index (κ1) is 19.4. The molecule has 27 heavy (non-hydrogen) atoms. The lowest BCUT2D eigenvalue weighted by Crippen LogP contribution is -2.16. The number of anilines is 1. The van der Waals surface area contributed by atoms with E-state index in [0.29, 0.717) is 21.1 Å². The van der Waals surface area contributed by atoms with Gasteiger partial charge < -0.3 is 10.4 Å². The number of carboxylic acid groups (broad SMARTS) is 1. The Morgan fingerprint density at radius 3 is 2.67 bits per heavy atom. The second-order valence-electron chi connectivity index (χ2n) is 5.58. The van der Waals surface area contributed by atoms with Crippen LogP contribution in [0.1, 0.15) is 26.4 Å². The number of halogens is 3. The molecule has 0 spiro atoms. The third-order valence-corrected chi connectivity index (χ3v) is 4.74. The zero-order valence-electron chi connectivity index (χ0n) is 13.8. The summed E-state index contributed by atoms with van der Waals surface area (Å²) in [6.45, 7) is 0.359. The third kappa shape index (κ3) is 4.32. The number of aryl methyl sites for hydroxylation is 1. The molecule has 11 heteroatoms. The number of hydrogen-bond acceptors (Lipinski definition) is 4. The van der Waals surface area contributed by atoms with Crippen molar-refractivity contribution >= 4 is 56.8 Å². The van der Waals surface area contributed by atoms with Gasteiger partial charge in [-0.05, 0) is 33.6 Å². The molecule has 0 radical (unpaired) electrons. The van der Waals surface area contributed by atoms with Crippen molar-refractivity contribution in [2.75, 3.05) is 5.32 Å². The maximum atomic E-state index is 12.4. The zero-order chi connectivity index (χ0) is 19.7. The Hall–Kier alpha value is -2.36. The van der Waals surface area contributed by atoms with Crippen LogP contribution in [-0.2, 0) is 13.6 Å². The zero-order valence-corrected chi connectivity index (χ0v) is 16.9. The van der Waals surface area contributed by atoms with Crippen LogP contribution in [0.5, 0.6) is 0 Å². The number of carbonyl (C=O) groups is 2. The molecule has 3 rings (SSSR count). The van der Waals surface area contributed by atoms with Crippen LogP contribution in [0.4, 0.5) is 5.82 Å². The molecule has 8 nitrogen and oxygen atoms in total. The van der Waals surface area contributed by atoms with E-state index >= 15 is 0 Å². The van der Waals surface area contributed by atoms with Crippen molar-refractivity contribution in [2.24, 2.45) is 7.05 Å². The van der Waals surface area contributed by atoms with Gasteiger partial charge in [-0.3, -0.25) is 14.2 Å². The number of nitrogens with one attached hydrogen (secondary N) is 1. The average Bonchev–Trinajstić information content (AvgIpc) is 3.13. The molecule has 2 aromatic heterocycles. The Bertz CT molecular complexity index is 1050. The number of rotatable bonds is 5. The van der Waals surface area contributed by atoms with Gasteiger partial charge in [0.2, 0.25) is 0 Å². The van der Waals surface area contributed by atoms with Crippen molar-refractivity contribution < 1.29 is 14.7 Å². The minimum atomic E-state index is -1.29. The number of hydrogen-bond donors (Lipinski definition) is 2. The van der Waals surface area contributed by atoms with Crippen LogP contribution in [0, 0.1) is 0 Å². The SMILES string of the molecule is Cn1cc(C(=O)Nc2nn(Cc3ccc(Cl)cc3Cl)cc2Br)c(C(=O)O)n1. The number of benzene rings is 1. The lowest BCUT2D eigenvalue weighted by molar-refractivity contribution is 0.0685. The number of aromatic nitrogens is 4. The highest BCUT2D eigenvalue weighted by molar-refractivity contribution is 9.10. The Kier molecular flexibility index (Phi) is 5.54. The largest absolute Gasteiger partial charge is 0.476 e. The molecule has 2 N–H and O–H groups in total. The maximum absolute atomic E-state index is 12.4. The fraction of sp³-hybridized carbons (Fsp3) is 0.125. The van der Waals surface area contributed by atoms with Gasteiger partial charge in [-0.2, -0.15) is 10.2 Å². The summed E-state index contributed by atoms with van der Waals surface area (Å²) in [6.07, 6.45) is 3.00. The molecule has 0 bridgehead atoms. The number of carboxylic acids is 1. The molecular weight excluding hydrogens is 461 g/mol. The Labute approximate surface area is 171 Å². The molecule has 0 atom stereocenters. The highest BCUT2D eigenvalue weighted by atomic mass is 79.9. The summed E-state index contributed by atoms with van der Waals surface area (Å²) in [4.78, 5) is 23.6. The van der Waals surface area contributed by atoms with Crippen molar-refractivity contribution in [3.63, 3.8) is 0 Å². The number of carbonyl (C=O) groups excluding carboxylic acids is 1. The fourth-order valence-electron chi connectivity index (χ4n) is 2.37. The van der Waals surface area contributed by atoms with Gasteiger partial charge in [0.05, 0.1) is 16.6 Å². The van der Waals surface area contributed by atoms with Crippen molar-refractivity contribution in [1.29, 1.82) is 0 Å². The standard InChI is InChI=1S/C16H12BrCl2N5O3/c1-23-6-10(13(21-23)16(26)27)15(25)20-14-11(17)7-24(22-14)5-8-2-3-9(18)4-12(8)19/h2-4,6-7H,5H2,1H3,(H,26,27)(H,20,22,25). The molecule has 0 saturated carbocycles. The lowest BCUT2D eigenvalue weighted by atomic mass is 10.2. The number of amides is 1. The van der Waals surface area contributed by atoms with Crippen LogP contribution < -0.4 is 5.32 Å². The van der Waals surface area contributed by atoms with Gasteiger partial charge in [-0.25, -0.2) is 4.79 Å². The first-order valence-corrected chi connectivity index (χ1v) is 9.04. The minimum absolute atomic E-state index is 0.0628. The topological polar surface area (TPSA) is 102 Å². The van der Waals surface area contributed by atoms with Gasteiger partial charge in [0.15, 0.2) is 11.5 Å². The van der Waals surface area contributed by atoms with Gasteiger partial charge in [0.1, 0.15) is 0 Å². The van der Waals surface area contributed by atoms with Crippen LogP contribution in [-0.4, -0.2) is 36.5 Å². The summed E-state index contributed by atoms with van der Waals surface area (Å²) in [5, 5.41) is 20.8. The van der Waals surface area contributed by atoms with E-state index in [1.54, 1.807) is 29.1 Å². The van der Waals surface area contributed by atoms with Crippen LogP contribution in [0.2, 0.25) is 10.0 Å². The first-order chi connectivity index (χ1) is 12.7. The quantitative estimate of drug-likeness (QED) is 0.589. The van der Waals surface area contributed by atoms with Crippen molar-refractivity contribution in [1.82, 2.24) is 19.6 Å². The van der Waals surface area contributed by atoms with Gasteiger partial charge in [0.25, 0.3) is 5.91 Å². The second kappa shape index (κ2) is 7.71. The summed E-state index contributed by atoms with van der Waals surface area (Å²) < 4.78 is 3.37. The summed E-state index contributed by atoms with van der Waals surface area (Å²) >= 11 is 15.4. The molecule has 140 valence electrons. The van der Waals surface area contributed by atoms with E-state index in [4.69, 9.17) is 28.3 Å². The Morgan fingerprint density at radius 1 is 1.26 bits per heavy atom. The van der Waals surface area contributed by atoms with E-state index < -0.39 is 11.9 Å². The second-order valence-corrected chi connectivity index (χ2v) is 7.28. The van der Waals surface area contributed by atoms with Gasteiger partial charge in [0, 0.05) is 29.5 Å². The monoisotopic (exact) mass is 471 g/mol. The molecule has 0 fully saturated rings. The molecule has 1 amide bonds. The number of aromatic carboxylic acids is 1. The summed E-state index contributed by atoms with van der Waals surface area (Å²) in [7, 11) is 1.53. The van der Waals surface area contributed by atoms with Crippen LogP contribution in [0.25, 0.3) is 0 Å². The maximum Gasteiger partial charge on any atom is 0.357 e. The summed E-state index contributed by atoms with van der Waals surface area (Å²) in [5.41, 5.74) is 0.403. The van der Waals surface area contributed by atoms with Crippen LogP contribution in [0.15, 0.2) is 35.1 Å². The van der Waals surface area contributed by atoms with E-state index in [2.05, 4.69) is 31.4 Å². The van der Waals surface area contributed by atoms with Crippen molar-refractivity contribution in [3.05, 3.63) is 61.9 Å². The van der Waals surface area contributed by atoms with E-state index in [1.165, 1.54) is 17.9 Å². The summed E-state index contributed by atoms with van der Waals surface area (Å²) in [6, 6.07) is 5.14. The third-order valence-electron chi connectivity index (χ3n) is 3.57. The van der Waals surface area contributed by atoms with Crippen molar-refractivity contribution in [2.45, 2.75) is 6.54 Å². The highest BCUT2D eigenvalue weighted by Gasteiger charge is 2.22. The number of nitrogens with zero attached hydrogens (tertiary/aromatic N) is 4. The Morgan fingerprint density at radius 2 is 2.00 bits per heavy atom. The molecule has 2 heterocycles. The molecule has 0 saturated heterocycles. The molecule has 0 unspecified atom stereocenters. The van der Waals surface area contributed by atoms with E-state index in [1.807, 2.05) is 0 Å². The van der Waals surface area contributed by atoms with Crippen LogP contribution in [0.3, 0.4) is 0 Å². The first-order valence-electron chi connectivity index (χ1n) is 7.49.